The highest BCUT2D eigenvalue weighted by Gasteiger charge is 2.13. The Balaban J connectivity index is 2.47. The molecule has 1 aromatic heterocycles. The van der Waals surface area contributed by atoms with Gasteiger partial charge in [-0.3, -0.25) is 0 Å². The molecular weight excluding hydrogens is 208 g/mol. The van der Waals surface area contributed by atoms with E-state index in [-0.39, 0.29) is 5.82 Å². The van der Waals surface area contributed by atoms with Crippen LogP contribution < -0.4 is 5.73 Å². The van der Waals surface area contributed by atoms with Gasteiger partial charge in [-0.1, -0.05) is 0 Å². The molecule has 0 saturated carbocycles. The Hall–Kier alpha value is -2.37. The summed E-state index contributed by atoms with van der Waals surface area (Å²) in [6.07, 6.45) is 0. The quantitative estimate of drug-likeness (QED) is 0.729. The minimum Gasteiger partial charge on any atom is -0.475 e. The number of rotatable bonds is 2. The second-order valence-corrected chi connectivity index (χ2v) is 3.29. The summed E-state index contributed by atoms with van der Waals surface area (Å²) in [5.74, 6) is -0.839. The summed E-state index contributed by atoms with van der Waals surface area (Å²) >= 11 is 0. The highest BCUT2D eigenvalue weighted by molar-refractivity contribution is 5.83. The van der Waals surface area contributed by atoms with Gasteiger partial charge < -0.3 is 10.8 Å². The molecule has 0 spiro atoms. The minimum absolute atomic E-state index is 0.214. The maximum absolute atomic E-state index is 10.7. The number of aryl methyl sites for hydroxylation is 1. The fourth-order valence-corrected chi connectivity index (χ4v) is 1.34. The smallest absolute Gasteiger partial charge is 0.375 e. The molecule has 0 fully saturated rings. The molecule has 2 rings (SSSR count). The van der Waals surface area contributed by atoms with Gasteiger partial charge in [0.15, 0.2) is 0 Å². The van der Waals surface area contributed by atoms with Crippen molar-refractivity contribution in [3.8, 4) is 5.69 Å². The van der Waals surface area contributed by atoms with Gasteiger partial charge in [-0.25, -0.2) is 14.5 Å². The molecule has 1 aromatic carbocycles. The molecule has 0 saturated heterocycles. The van der Waals surface area contributed by atoms with Crippen molar-refractivity contribution < 1.29 is 9.90 Å². The Morgan fingerprint density at radius 2 is 2.00 bits per heavy atom. The molecule has 6 heteroatoms. The van der Waals surface area contributed by atoms with Crippen LogP contribution in [0.4, 0.5) is 5.69 Å². The van der Waals surface area contributed by atoms with Crippen LogP contribution in [0.2, 0.25) is 0 Å². The third-order valence-electron chi connectivity index (χ3n) is 2.10. The largest absolute Gasteiger partial charge is 0.475 e. The number of anilines is 1. The molecular formula is C10H10N4O2. The van der Waals surface area contributed by atoms with E-state index < -0.39 is 5.97 Å². The van der Waals surface area contributed by atoms with Crippen molar-refractivity contribution in [2.24, 2.45) is 0 Å². The van der Waals surface area contributed by atoms with Crippen molar-refractivity contribution in [1.82, 2.24) is 14.8 Å². The molecule has 82 valence electrons. The van der Waals surface area contributed by atoms with Gasteiger partial charge in [0.2, 0.25) is 0 Å². The van der Waals surface area contributed by atoms with Crippen LogP contribution >= 0.6 is 0 Å². The number of hydrogen-bond donors (Lipinski definition) is 2. The summed E-state index contributed by atoms with van der Waals surface area (Å²) in [4.78, 5) is 14.5. The van der Waals surface area contributed by atoms with E-state index in [1.165, 1.54) is 4.68 Å². The Labute approximate surface area is 91.3 Å². The lowest BCUT2D eigenvalue weighted by molar-refractivity contribution is 0.0683. The number of carboxylic acid groups (broad SMARTS) is 1. The first-order valence-electron chi connectivity index (χ1n) is 4.61. The van der Waals surface area contributed by atoms with E-state index in [0.29, 0.717) is 11.5 Å². The zero-order chi connectivity index (χ0) is 11.7. The second-order valence-electron chi connectivity index (χ2n) is 3.29. The Morgan fingerprint density at radius 1 is 1.38 bits per heavy atom. The Kier molecular flexibility index (Phi) is 2.32. The maximum Gasteiger partial charge on any atom is 0.375 e. The molecule has 16 heavy (non-hydrogen) atoms. The molecule has 0 aliphatic carbocycles. The molecule has 0 amide bonds. The number of aromatic nitrogens is 3. The number of aromatic carboxylic acids is 1. The second kappa shape index (κ2) is 3.65. The van der Waals surface area contributed by atoms with Gasteiger partial charge in [-0.15, -0.1) is 5.10 Å². The molecule has 0 aliphatic rings. The summed E-state index contributed by atoms with van der Waals surface area (Å²) < 4.78 is 1.46. The summed E-state index contributed by atoms with van der Waals surface area (Å²) in [6, 6.07) is 6.94. The van der Waals surface area contributed by atoms with Gasteiger partial charge in [0.1, 0.15) is 5.82 Å². The van der Waals surface area contributed by atoms with Crippen molar-refractivity contribution in [1.29, 1.82) is 0 Å². The predicted octanol–water partition coefficient (Wildman–Crippen LogP) is 0.856. The normalized spacial score (nSPS) is 10.3. The van der Waals surface area contributed by atoms with Crippen LogP contribution in [0.15, 0.2) is 24.3 Å². The monoisotopic (exact) mass is 218 g/mol. The van der Waals surface area contributed by atoms with Crippen LogP contribution in [-0.4, -0.2) is 25.8 Å². The summed E-state index contributed by atoms with van der Waals surface area (Å²) in [5.41, 5.74) is 6.92. The topological polar surface area (TPSA) is 94.0 Å². The highest BCUT2D eigenvalue weighted by atomic mass is 16.4. The van der Waals surface area contributed by atoms with Crippen LogP contribution in [0.25, 0.3) is 5.69 Å². The van der Waals surface area contributed by atoms with Crippen LogP contribution in [0.5, 0.6) is 0 Å². The molecule has 3 N–H and O–H groups in total. The first kappa shape index (κ1) is 10.2. The Morgan fingerprint density at radius 3 is 2.50 bits per heavy atom. The van der Waals surface area contributed by atoms with Gasteiger partial charge in [-0.05, 0) is 31.2 Å². The molecule has 1 heterocycles. The van der Waals surface area contributed by atoms with E-state index in [9.17, 15) is 4.79 Å². The average Bonchev–Trinajstić information content (AvgIpc) is 2.62. The summed E-state index contributed by atoms with van der Waals surface area (Å²) in [5, 5.41) is 12.6. The number of carboxylic acids is 1. The van der Waals surface area contributed by atoms with Gasteiger partial charge in [0.25, 0.3) is 5.82 Å². The highest BCUT2D eigenvalue weighted by Crippen LogP contribution is 2.11. The van der Waals surface area contributed by atoms with E-state index in [2.05, 4.69) is 10.1 Å². The number of carbonyl (C=O) groups is 1. The third kappa shape index (κ3) is 1.72. The van der Waals surface area contributed by atoms with Crippen LogP contribution in [0.1, 0.15) is 16.4 Å². The lowest BCUT2D eigenvalue weighted by Gasteiger charge is -2.02. The number of nitrogens with zero attached hydrogens (tertiary/aromatic N) is 3. The predicted molar refractivity (Wildman–Crippen MR) is 57.5 cm³/mol. The van der Waals surface area contributed by atoms with Crippen molar-refractivity contribution >= 4 is 11.7 Å². The van der Waals surface area contributed by atoms with E-state index in [0.717, 1.165) is 5.69 Å². The van der Waals surface area contributed by atoms with Crippen LogP contribution in [0, 0.1) is 6.92 Å². The van der Waals surface area contributed by atoms with Gasteiger partial charge >= 0.3 is 5.97 Å². The summed E-state index contributed by atoms with van der Waals surface area (Å²) in [7, 11) is 0. The molecule has 6 nitrogen and oxygen atoms in total. The van der Waals surface area contributed by atoms with E-state index in [1.807, 2.05) is 0 Å². The van der Waals surface area contributed by atoms with Crippen molar-refractivity contribution in [2.45, 2.75) is 6.92 Å². The minimum atomic E-state index is -1.14. The van der Waals surface area contributed by atoms with Gasteiger partial charge in [0, 0.05) is 5.69 Å². The fraction of sp³-hybridized carbons (Fsp3) is 0.100. The lowest BCUT2D eigenvalue weighted by atomic mass is 10.3. The third-order valence-corrected chi connectivity index (χ3v) is 2.10. The number of nitrogen functional groups attached to an aromatic ring is 1. The number of nitrogens with two attached hydrogens (primary N) is 1. The molecule has 0 atom stereocenters. The first-order valence-corrected chi connectivity index (χ1v) is 4.61. The lowest BCUT2D eigenvalue weighted by Crippen LogP contribution is -2.02. The summed E-state index contributed by atoms with van der Waals surface area (Å²) in [6.45, 7) is 1.69. The zero-order valence-electron chi connectivity index (χ0n) is 8.58. The molecule has 0 unspecified atom stereocenters. The molecule has 2 aromatic rings. The fourth-order valence-electron chi connectivity index (χ4n) is 1.34. The maximum atomic E-state index is 10.7. The van der Waals surface area contributed by atoms with Crippen molar-refractivity contribution in [3.63, 3.8) is 0 Å². The van der Waals surface area contributed by atoms with Gasteiger partial charge in [-0.2, -0.15) is 0 Å². The SMILES string of the molecule is Cc1nc(C(=O)O)nn1-c1ccc(N)cc1. The molecule has 0 radical (unpaired) electrons. The average molecular weight is 218 g/mol. The standard InChI is InChI=1S/C10H10N4O2/c1-6-12-9(10(15)16)13-14(6)8-4-2-7(11)3-5-8/h2-5H,11H2,1H3,(H,15,16). The van der Waals surface area contributed by atoms with Crippen LogP contribution in [0.3, 0.4) is 0 Å². The zero-order valence-corrected chi connectivity index (χ0v) is 8.58. The molecule has 0 aliphatic heterocycles. The Bertz CT molecular complexity index is 530. The molecule has 0 bridgehead atoms. The number of benzene rings is 1. The van der Waals surface area contributed by atoms with E-state index >= 15 is 0 Å². The van der Waals surface area contributed by atoms with Crippen molar-refractivity contribution in [3.05, 3.63) is 35.9 Å². The van der Waals surface area contributed by atoms with E-state index in [1.54, 1.807) is 31.2 Å². The first-order chi connectivity index (χ1) is 7.58. The number of hydrogen-bond acceptors (Lipinski definition) is 4. The van der Waals surface area contributed by atoms with E-state index in [4.69, 9.17) is 10.8 Å². The van der Waals surface area contributed by atoms with Gasteiger partial charge in [0.05, 0.1) is 5.69 Å². The van der Waals surface area contributed by atoms with Crippen molar-refractivity contribution in [2.75, 3.05) is 5.73 Å². The van der Waals surface area contributed by atoms with Crippen LogP contribution in [-0.2, 0) is 0 Å².